The lowest BCUT2D eigenvalue weighted by Gasteiger charge is -2.05. The van der Waals surface area contributed by atoms with Crippen LogP contribution in [0.3, 0.4) is 0 Å². The number of hydrogen-bond acceptors (Lipinski definition) is 1. The van der Waals surface area contributed by atoms with Crippen molar-refractivity contribution in [2.45, 2.75) is 39.7 Å². The maximum atomic E-state index is 4.70. The molecule has 0 bridgehead atoms. The predicted molar refractivity (Wildman–Crippen MR) is 71.8 cm³/mol. The first kappa shape index (κ1) is 11.7. The van der Waals surface area contributed by atoms with E-state index >= 15 is 0 Å². The minimum Gasteiger partial charge on any atom is -0.327 e. The van der Waals surface area contributed by atoms with Crippen molar-refractivity contribution in [1.29, 1.82) is 0 Å². The Hall–Kier alpha value is -1.75. The predicted octanol–water partition coefficient (Wildman–Crippen LogP) is 3.40. The van der Waals surface area contributed by atoms with Gasteiger partial charge in [-0.3, -0.25) is 0 Å². The minimum atomic E-state index is 0.896. The number of fused-ring (bicyclic) bond motifs is 1. The van der Waals surface area contributed by atoms with Gasteiger partial charge in [0.05, 0.1) is 11.0 Å². The van der Waals surface area contributed by atoms with Crippen LogP contribution in [0.25, 0.3) is 11.0 Å². The summed E-state index contributed by atoms with van der Waals surface area (Å²) in [4.78, 5) is 4.70. The van der Waals surface area contributed by atoms with Gasteiger partial charge in [0, 0.05) is 19.4 Å². The van der Waals surface area contributed by atoms with Crippen LogP contribution in [-0.4, -0.2) is 9.55 Å². The zero-order valence-corrected chi connectivity index (χ0v) is 10.5. The third-order valence-electron chi connectivity index (χ3n) is 2.84. The lowest BCUT2D eigenvalue weighted by molar-refractivity contribution is 0.674. The van der Waals surface area contributed by atoms with E-state index < -0.39 is 0 Å². The quantitative estimate of drug-likeness (QED) is 0.731. The first-order chi connectivity index (χ1) is 8.36. The van der Waals surface area contributed by atoms with Gasteiger partial charge < -0.3 is 4.57 Å². The molecular formula is C15H18N2. The SMILES string of the molecule is CC#CCCn1c(CCC)nc2ccccc21. The lowest BCUT2D eigenvalue weighted by Crippen LogP contribution is -2.03. The van der Waals surface area contributed by atoms with Gasteiger partial charge in [-0.25, -0.2) is 4.98 Å². The van der Waals surface area contributed by atoms with Crippen LogP contribution < -0.4 is 0 Å². The van der Waals surface area contributed by atoms with Crippen molar-refractivity contribution >= 4 is 11.0 Å². The summed E-state index contributed by atoms with van der Waals surface area (Å²) in [6.45, 7) is 5.02. The molecule has 0 N–H and O–H groups in total. The van der Waals surface area contributed by atoms with Crippen molar-refractivity contribution in [3.8, 4) is 11.8 Å². The van der Waals surface area contributed by atoms with Gasteiger partial charge in [0.15, 0.2) is 0 Å². The Morgan fingerprint density at radius 1 is 1.29 bits per heavy atom. The molecule has 0 amide bonds. The maximum absolute atomic E-state index is 4.70. The molecule has 2 aromatic rings. The van der Waals surface area contributed by atoms with E-state index in [1.807, 2.05) is 13.0 Å². The van der Waals surface area contributed by atoms with Crippen LogP contribution in [0.1, 0.15) is 32.5 Å². The van der Waals surface area contributed by atoms with Gasteiger partial charge in [-0.1, -0.05) is 19.1 Å². The Morgan fingerprint density at radius 2 is 2.12 bits per heavy atom. The molecule has 1 aromatic heterocycles. The van der Waals surface area contributed by atoms with E-state index in [1.54, 1.807) is 0 Å². The number of hydrogen-bond donors (Lipinski definition) is 0. The van der Waals surface area contributed by atoms with E-state index in [0.717, 1.165) is 31.3 Å². The fourth-order valence-corrected chi connectivity index (χ4v) is 2.08. The molecule has 0 aliphatic carbocycles. The average molecular weight is 226 g/mol. The van der Waals surface area contributed by atoms with E-state index in [9.17, 15) is 0 Å². The zero-order chi connectivity index (χ0) is 12.1. The molecule has 0 atom stereocenters. The molecule has 88 valence electrons. The summed E-state index contributed by atoms with van der Waals surface area (Å²) in [6.07, 6.45) is 3.06. The first-order valence-corrected chi connectivity index (χ1v) is 6.20. The molecule has 1 aromatic carbocycles. The summed E-state index contributed by atoms with van der Waals surface area (Å²) in [5, 5.41) is 0. The van der Waals surface area contributed by atoms with E-state index in [1.165, 1.54) is 11.3 Å². The summed E-state index contributed by atoms with van der Waals surface area (Å²) in [6, 6.07) is 8.33. The molecule has 1 heterocycles. The molecule has 0 spiro atoms. The second-order valence-corrected chi connectivity index (χ2v) is 4.10. The standard InChI is InChI=1S/C15H18N2/c1-3-5-8-12-17-14-11-7-6-10-13(14)16-15(17)9-4-2/h6-7,10-11H,4,8-9,12H2,1-2H3. The van der Waals surface area contributed by atoms with Crippen LogP contribution in [0.15, 0.2) is 24.3 Å². The molecule has 0 fully saturated rings. The zero-order valence-electron chi connectivity index (χ0n) is 10.5. The van der Waals surface area contributed by atoms with Crippen molar-refractivity contribution in [2.24, 2.45) is 0 Å². The molecule has 0 radical (unpaired) electrons. The number of nitrogens with zero attached hydrogens (tertiary/aromatic N) is 2. The van der Waals surface area contributed by atoms with Crippen molar-refractivity contribution in [2.75, 3.05) is 0 Å². The first-order valence-electron chi connectivity index (χ1n) is 6.20. The largest absolute Gasteiger partial charge is 0.327 e. The Kier molecular flexibility index (Phi) is 3.82. The van der Waals surface area contributed by atoms with Crippen LogP contribution in [0.5, 0.6) is 0 Å². The summed E-state index contributed by atoms with van der Waals surface area (Å²) in [5.41, 5.74) is 2.33. The second kappa shape index (κ2) is 5.54. The fourth-order valence-electron chi connectivity index (χ4n) is 2.08. The van der Waals surface area contributed by atoms with Crippen LogP contribution in [0.2, 0.25) is 0 Å². The van der Waals surface area contributed by atoms with Gasteiger partial charge in [0.25, 0.3) is 0 Å². The number of benzene rings is 1. The summed E-state index contributed by atoms with van der Waals surface area (Å²) < 4.78 is 2.31. The number of aromatic nitrogens is 2. The van der Waals surface area contributed by atoms with Gasteiger partial charge in [-0.2, -0.15) is 0 Å². The third-order valence-corrected chi connectivity index (χ3v) is 2.84. The fraction of sp³-hybridized carbons (Fsp3) is 0.400. The Balaban J connectivity index is 2.39. The molecule has 0 aliphatic rings. The minimum absolute atomic E-state index is 0.896. The highest BCUT2D eigenvalue weighted by atomic mass is 15.1. The smallest absolute Gasteiger partial charge is 0.109 e. The monoisotopic (exact) mass is 226 g/mol. The average Bonchev–Trinajstić information content (AvgIpc) is 2.69. The van der Waals surface area contributed by atoms with Gasteiger partial charge in [-0.15, -0.1) is 11.8 Å². The number of rotatable bonds is 4. The highest BCUT2D eigenvalue weighted by molar-refractivity contribution is 5.75. The number of imidazole rings is 1. The van der Waals surface area contributed by atoms with Gasteiger partial charge >= 0.3 is 0 Å². The van der Waals surface area contributed by atoms with E-state index in [0.29, 0.717) is 0 Å². The Morgan fingerprint density at radius 3 is 2.88 bits per heavy atom. The summed E-state index contributed by atoms with van der Waals surface area (Å²) >= 11 is 0. The number of para-hydroxylation sites is 2. The van der Waals surface area contributed by atoms with Crippen molar-refractivity contribution in [3.05, 3.63) is 30.1 Å². The molecule has 2 heteroatoms. The third kappa shape index (κ3) is 2.50. The second-order valence-electron chi connectivity index (χ2n) is 4.10. The van der Waals surface area contributed by atoms with Crippen LogP contribution in [0, 0.1) is 11.8 Å². The number of aryl methyl sites for hydroxylation is 2. The van der Waals surface area contributed by atoms with Crippen molar-refractivity contribution in [1.82, 2.24) is 9.55 Å². The Bertz CT molecular complexity index is 555. The molecule has 0 aliphatic heterocycles. The molecule has 2 rings (SSSR count). The molecule has 17 heavy (non-hydrogen) atoms. The van der Waals surface area contributed by atoms with E-state index in [2.05, 4.69) is 41.5 Å². The molecule has 0 saturated heterocycles. The van der Waals surface area contributed by atoms with Gasteiger partial charge in [-0.05, 0) is 25.5 Å². The molecule has 0 unspecified atom stereocenters. The van der Waals surface area contributed by atoms with Crippen LogP contribution >= 0.6 is 0 Å². The summed E-state index contributed by atoms with van der Waals surface area (Å²) in [5.74, 6) is 7.25. The molecule has 0 saturated carbocycles. The van der Waals surface area contributed by atoms with E-state index in [-0.39, 0.29) is 0 Å². The van der Waals surface area contributed by atoms with E-state index in [4.69, 9.17) is 4.98 Å². The molecule has 2 nitrogen and oxygen atoms in total. The topological polar surface area (TPSA) is 17.8 Å². The highest BCUT2D eigenvalue weighted by Crippen LogP contribution is 2.17. The van der Waals surface area contributed by atoms with Crippen molar-refractivity contribution in [3.63, 3.8) is 0 Å². The summed E-state index contributed by atoms with van der Waals surface area (Å²) in [7, 11) is 0. The maximum Gasteiger partial charge on any atom is 0.109 e. The normalized spacial score (nSPS) is 10.2. The highest BCUT2D eigenvalue weighted by Gasteiger charge is 2.08. The molecular weight excluding hydrogens is 208 g/mol. The van der Waals surface area contributed by atoms with Gasteiger partial charge in [0.2, 0.25) is 0 Å². The van der Waals surface area contributed by atoms with Gasteiger partial charge in [0.1, 0.15) is 5.82 Å². The lowest BCUT2D eigenvalue weighted by atomic mass is 10.3. The van der Waals surface area contributed by atoms with Crippen LogP contribution in [0.4, 0.5) is 0 Å². The Labute approximate surface area is 103 Å². The van der Waals surface area contributed by atoms with Crippen molar-refractivity contribution < 1.29 is 0 Å². The van der Waals surface area contributed by atoms with Crippen LogP contribution in [-0.2, 0) is 13.0 Å².